The second-order valence-electron chi connectivity index (χ2n) is 9.06. The van der Waals surface area contributed by atoms with Crippen molar-refractivity contribution in [1.29, 1.82) is 0 Å². The van der Waals surface area contributed by atoms with Crippen LogP contribution in [-0.2, 0) is 0 Å². The number of rotatable bonds is 8. The van der Waals surface area contributed by atoms with Crippen LogP contribution in [0.3, 0.4) is 0 Å². The van der Waals surface area contributed by atoms with Crippen LogP contribution in [0.25, 0.3) is 0 Å². The Morgan fingerprint density at radius 3 is 2.20 bits per heavy atom. The predicted molar refractivity (Wildman–Crippen MR) is 125 cm³/mol. The van der Waals surface area contributed by atoms with E-state index in [1.165, 1.54) is 7.11 Å². The van der Waals surface area contributed by atoms with Gasteiger partial charge in [0.1, 0.15) is 17.6 Å². The van der Waals surface area contributed by atoms with Crippen LogP contribution in [0.4, 0.5) is 0 Å². The zero-order chi connectivity index (χ0) is 22.9. The first-order valence-electron chi connectivity index (χ1n) is 10.2. The number of ketones is 1. The van der Waals surface area contributed by atoms with Crippen LogP contribution in [0.15, 0.2) is 36.4 Å². The number of ether oxygens (including phenoxy) is 1. The largest absolute Gasteiger partial charge is 0.543 e. The maximum absolute atomic E-state index is 13.2. The summed E-state index contributed by atoms with van der Waals surface area (Å²) < 4.78 is 12.0. The third kappa shape index (κ3) is 4.58. The molecule has 1 atom stereocenters. The fourth-order valence-electron chi connectivity index (χ4n) is 3.27. The number of aliphatic hydroxyl groups excluding tert-OH is 1. The van der Waals surface area contributed by atoms with Crippen molar-refractivity contribution in [3.63, 3.8) is 0 Å². The molecule has 2 aromatic rings. The van der Waals surface area contributed by atoms with Crippen LogP contribution in [-0.4, -0.2) is 26.3 Å². The van der Waals surface area contributed by atoms with Gasteiger partial charge in [0.15, 0.2) is 5.78 Å². The third-order valence-corrected chi connectivity index (χ3v) is 11.4. The molecule has 2 rings (SSSR count). The second kappa shape index (κ2) is 9.12. The molecule has 0 aliphatic rings. The predicted octanol–water partition coefficient (Wildman–Crippen LogP) is 6.59. The Balaban J connectivity index is 2.57. The van der Waals surface area contributed by atoms with Gasteiger partial charge in [0.25, 0.3) is 8.32 Å². The molecule has 30 heavy (non-hydrogen) atoms. The van der Waals surface area contributed by atoms with Crippen LogP contribution in [0, 0.1) is 12.8 Å². The Bertz CT molecular complexity index is 907. The van der Waals surface area contributed by atoms with Gasteiger partial charge >= 0.3 is 0 Å². The van der Waals surface area contributed by atoms with Gasteiger partial charge in [-0.2, -0.15) is 0 Å². The molecule has 0 bridgehead atoms. The van der Waals surface area contributed by atoms with E-state index in [0.29, 0.717) is 28.5 Å². The van der Waals surface area contributed by atoms with Crippen molar-refractivity contribution in [3.8, 4) is 11.5 Å². The van der Waals surface area contributed by atoms with E-state index in [-0.39, 0.29) is 15.6 Å². The Hall–Kier alpha value is -1.82. The molecule has 0 amide bonds. The van der Waals surface area contributed by atoms with Gasteiger partial charge in [0.05, 0.1) is 12.1 Å². The molecule has 1 unspecified atom stereocenters. The van der Waals surface area contributed by atoms with Gasteiger partial charge in [-0.1, -0.05) is 69.6 Å². The van der Waals surface area contributed by atoms with E-state index in [9.17, 15) is 9.90 Å². The summed E-state index contributed by atoms with van der Waals surface area (Å²) in [7, 11) is -0.738. The monoisotopic (exact) mass is 448 g/mol. The molecular weight excluding hydrogens is 416 g/mol. The van der Waals surface area contributed by atoms with Crippen LogP contribution in [0.1, 0.15) is 55.3 Å². The normalized spacial score (nSPS) is 13.3. The van der Waals surface area contributed by atoms with Gasteiger partial charge in [-0.05, 0) is 36.5 Å². The van der Waals surface area contributed by atoms with E-state index in [4.69, 9.17) is 20.8 Å². The summed E-state index contributed by atoms with van der Waals surface area (Å²) in [6, 6.07) is 10.6. The highest BCUT2D eigenvalue weighted by atomic mass is 35.5. The molecule has 164 valence electrons. The van der Waals surface area contributed by atoms with Gasteiger partial charge in [-0.3, -0.25) is 4.79 Å². The average Bonchev–Trinajstić information content (AvgIpc) is 2.69. The molecule has 2 aromatic carbocycles. The molecule has 1 N–H and O–H groups in total. The third-order valence-electron chi connectivity index (χ3n) is 6.63. The summed E-state index contributed by atoms with van der Waals surface area (Å²) in [5.41, 5.74) is 1.36. The van der Waals surface area contributed by atoms with Crippen molar-refractivity contribution in [3.05, 3.63) is 58.1 Å². The number of hydrogen-bond donors (Lipinski definition) is 1. The highest BCUT2D eigenvalue weighted by molar-refractivity contribution is 6.75. The Kier molecular flexibility index (Phi) is 7.44. The van der Waals surface area contributed by atoms with Crippen molar-refractivity contribution < 1.29 is 19.1 Å². The number of hydrogen-bond acceptors (Lipinski definition) is 4. The number of aliphatic hydroxyl groups is 1. The van der Waals surface area contributed by atoms with E-state index in [2.05, 4.69) is 40.8 Å². The topological polar surface area (TPSA) is 55.8 Å². The highest BCUT2D eigenvalue weighted by Crippen LogP contribution is 2.47. The van der Waals surface area contributed by atoms with E-state index < -0.39 is 20.2 Å². The van der Waals surface area contributed by atoms with Crippen LogP contribution in [0.5, 0.6) is 11.5 Å². The fraction of sp³-hybridized carbons (Fsp3) is 0.458. The minimum atomic E-state index is -2.24. The first kappa shape index (κ1) is 24.4. The lowest BCUT2D eigenvalue weighted by Crippen LogP contribution is -2.48. The van der Waals surface area contributed by atoms with E-state index >= 15 is 0 Å². The van der Waals surface area contributed by atoms with Crippen molar-refractivity contribution in [2.45, 2.75) is 58.9 Å². The average molecular weight is 449 g/mol. The summed E-state index contributed by atoms with van der Waals surface area (Å²) in [5, 5.41) is 10.9. The molecule has 4 nitrogen and oxygen atoms in total. The summed E-state index contributed by atoms with van der Waals surface area (Å²) >= 11 is 6.52. The standard InChI is InChI=1S/C24H33ClO4Si/c1-15(2)24(4,5)30(7,8)29-18-14-19(28-6)21(25)20(16(18)3)23(27)22(26)17-12-10-9-11-13-17/h9-15,22,26H,1-8H3. The second-order valence-corrected chi connectivity index (χ2v) is 13.9. The molecule has 6 heteroatoms. The van der Waals surface area contributed by atoms with E-state index in [1.54, 1.807) is 37.3 Å². The summed E-state index contributed by atoms with van der Waals surface area (Å²) in [6.07, 6.45) is -1.32. The van der Waals surface area contributed by atoms with Crippen LogP contribution < -0.4 is 9.16 Å². The van der Waals surface area contributed by atoms with Gasteiger partial charge in [-0.25, -0.2) is 0 Å². The molecule has 0 aromatic heterocycles. The van der Waals surface area contributed by atoms with Crippen LogP contribution in [0.2, 0.25) is 23.2 Å². The van der Waals surface area contributed by atoms with Gasteiger partial charge in [-0.15, -0.1) is 0 Å². The number of carbonyl (C=O) groups excluding carboxylic acids is 1. The molecule has 0 spiro atoms. The van der Waals surface area contributed by atoms with Crippen molar-refractivity contribution in [2.75, 3.05) is 7.11 Å². The van der Waals surface area contributed by atoms with Gasteiger partial charge in [0, 0.05) is 17.2 Å². The summed E-state index contributed by atoms with van der Waals surface area (Å²) in [4.78, 5) is 13.2. The molecule has 0 aliphatic carbocycles. The Morgan fingerprint density at radius 2 is 1.70 bits per heavy atom. The van der Waals surface area contributed by atoms with Crippen molar-refractivity contribution in [2.24, 2.45) is 5.92 Å². The number of benzene rings is 2. The quantitative estimate of drug-likeness (QED) is 0.365. The molecule has 0 saturated carbocycles. The highest BCUT2D eigenvalue weighted by Gasteiger charge is 2.45. The first-order chi connectivity index (χ1) is 13.8. The molecular formula is C24H33ClO4Si. The zero-order valence-corrected chi connectivity index (χ0v) is 20.9. The number of carbonyl (C=O) groups is 1. The number of halogens is 1. The summed E-state index contributed by atoms with van der Waals surface area (Å²) in [5.74, 6) is 0.878. The maximum atomic E-state index is 13.2. The fourth-order valence-corrected chi connectivity index (χ4v) is 6.06. The molecule has 0 fully saturated rings. The Labute approximate surface area is 186 Å². The SMILES string of the molecule is COc1cc(O[Si](C)(C)C(C)(C)C(C)C)c(C)c(C(=O)C(O)c2ccccc2)c1Cl. The number of Topliss-reactive ketones (excluding diaryl/α,β-unsaturated/α-hetero) is 1. The first-order valence-corrected chi connectivity index (χ1v) is 13.5. The van der Waals surface area contributed by atoms with Gasteiger partial charge in [0.2, 0.25) is 0 Å². The maximum Gasteiger partial charge on any atom is 0.251 e. The molecule has 0 saturated heterocycles. The Morgan fingerprint density at radius 1 is 1.13 bits per heavy atom. The van der Waals surface area contributed by atoms with Crippen molar-refractivity contribution >= 4 is 25.7 Å². The lowest BCUT2D eigenvalue weighted by molar-refractivity contribution is 0.0746. The zero-order valence-electron chi connectivity index (χ0n) is 19.2. The van der Waals surface area contributed by atoms with Gasteiger partial charge < -0.3 is 14.3 Å². The van der Waals surface area contributed by atoms with Crippen molar-refractivity contribution in [1.82, 2.24) is 0 Å². The molecule has 0 aliphatic heterocycles. The number of methoxy groups -OCH3 is 1. The summed E-state index contributed by atoms with van der Waals surface area (Å²) in [6.45, 7) is 15.0. The lowest BCUT2D eigenvalue weighted by atomic mass is 9.96. The molecule has 0 radical (unpaired) electrons. The smallest absolute Gasteiger partial charge is 0.251 e. The minimum absolute atomic E-state index is 0.0139. The van der Waals surface area contributed by atoms with E-state index in [1.807, 2.05) is 6.07 Å². The molecule has 0 heterocycles. The minimum Gasteiger partial charge on any atom is -0.543 e. The van der Waals surface area contributed by atoms with Crippen LogP contribution >= 0.6 is 11.6 Å². The lowest BCUT2D eigenvalue weighted by Gasteiger charge is -2.42. The van der Waals surface area contributed by atoms with E-state index in [0.717, 1.165) is 0 Å².